The summed E-state index contributed by atoms with van der Waals surface area (Å²) in [6, 6.07) is 9.99. The van der Waals surface area contributed by atoms with Crippen LogP contribution in [0.25, 0.3) is 0 Å². The summed E-state index contributed by atoms with van der Waals surface area (Å²) in [6.45, 7) is 0. The van der Waals surface area contributed by atoms with Crippen molar-refractivity contribution in [2.75, 3.05) is 12.0 Å². The molecule has 2 aromatic rings. The molecule has 0 bridgehead atoms. The maximum absolute atomic E-state index is 13.3. The molecule has 0 radical (unpaired) electrons. The van der Waals surface area contributed by atoms with Crippen molar-refractivity contribution in [2.24, 2.45) is 0 Å². The number of hydrogen-bond acceptors (Lipinski definition) is 3. The molecule has 1 atom stereocenters. The summed E-state index contributed by atoms with van der Waals surface area (Å²) in [7, 11) is 1.54. The molecule has 0 saturated heterocycles. The third-order valence-corrected chi connectivity index (χ3v) is 6.03. The predicted molar refractivity (Wildman–Crippen MR) is 110 cm³/mol. The molecule has 1 heterocycles. The van der Waals surface area contributed by atoms with Gasteiger partial charge in [0.05, 0.1) is 23.4 Å². The van der Waals surface area contributed by atoms with Crippen LogP contribution in [-0.4, -0.2) is 18.8 Å². The number of carbonyl (C=O) groups excluding carboxylic acids is 2. The SMILES string of the molecule is COc1ccc(C2CC(=O)N(c3cc(C(F)(F)F)ccc3Cl)C3=C2C(=O)CCC3)cc1. The maximum atomic E-state index is 13.3. The van der Waals surface area contributed by atoms with Gasteiger partial charge < -0.3 is 4.74 Å². The molecule has 0 aromatic heterocycles. The zero-order valence-corrected chi connectivity index (χ0v) is 17.4. The van der Waals surface area contributed by atoms with E-state index in [1.165, 1.54) is 4.90 Å². The normalized spacial score (nSPS) is 19.5. The topological polar surface area (TPSA) is 46.6 Å². The third kappa shape index (κ3) is 3.94. The fourth-order valence-corrected chi connectivity index (χ4v) is 4.46. The second-order valence-corrected chi connectivity index (χ2v) is 7.97. The number of ether oxygens (including phenoxy) is 1. The molecular formula is C23H19ClF3NO3. The lowest BCUT2D eigenvalue weighted by molar-refractivity contribution is -0.137. The number of nitrogens with zero attached hydrogens (tertiary/aromatic N) is 1. The minimum Gasteiger partial charge on any atom is -0.497 e. The monoisotopic (exact) mass is 449 g/mol. The maximum Gasteiger partial charge on any atom is 0.416 e. The van der Waals surface area contributed by atoms with Crippen molar-refractivity contribution in [3.05, 3.63) is 69.9 Å². The lowest BCUT2D eigenvalue weighted by Crippen LogP contribution is -2.40. The van der Waals surface area contributed by atoms with Gasteiger partial charge in [-0.3, -0.25) is 14.5 Å². The summed E-state index contributed by atoms with van der Waals surface area (Å²) in [5.41, 5.74) is 0.754. The highest BCUT2D eigenvalue weighted by atomic mass is 35.5. The number of rotatable bonds is 3. The van der Waals surface area contributed by atoms with Crippen molar-refractivity contribution in [3.8, 4) is 5.75 Å². The van der Waals surface area contributed by atoms with Crippen LogP contribution in [0.15, 0.2) is 53.7 Å². The van der Waals surface area contributed by atoms with Gasteiger partial charge in [-0.25, -0.2) is 0 Å². The molecule has 4 rings (SSSR count). The fourth-order valence-electron chi connectivity index (χ4n) is 4.25. The Hall–Kier alpha value is -2.80. The zero-order valence-electron chi connectivity index (χ0n) is 16.6. The highest BCUT2D eigenvalue weighted by Gasteiger charge is 2.41. The largest absolute Gasteiger partial charge is 0.497 e. The van der Waals surface area contributed by atoms with Crippen molar-refractivity contribution in [2.45, 2.75) is 37.8 Å². The smallest absolute Gasteiger partial charge is 0.416 e. The van der Waals surface area contributed by atoms with Gasteiger partial charge in [-0.05, 0) is 48.7 Å². The number of methoxy groups -OCH3 is 1. The number of Topliss-reactive ketones (excluding diaryl/α,β-unsaturated/α-hetero) is 1. The van der Waals surface area contributed by atoms with Gasteiger partial charge in [-0.1, -0.05) is 23.7 Å². The van der Waals surface area contributed by atoms with Crippen LogP contribution < -0.4 is 9.64 Å². The van der Waals surface area contributed by atoms with Crippen molar-refractivity contribution >= 4 is 29.0 Å². The van der Waals surface area contributed by atoms with Crippen LogP contribution in [0, 0.1) is 0 Å². The van der Waals surface area contributed by atoms with E-state index in [4.69, 9.17) is 16.3 Å². The van der Waals surface area contributed by atoms with Crippen LogP contribution in [-0.2, 0) is 15.8 Å². The van der Waals surface area contributed by atoms with Gasteiger partial charge >= 0.3 is 6.18 Å². The van der Waals surface area contributed by atoms with E-state index in [1.54, 1.807) is 31.4 Å². The highest BCUT2D eigenvalue weighted by molar-refractivity contribution is 6.34. The fraction of sp³-hybridized carbons (Fsp3) is 0.304. The molecule has 31 heavy (non-hydrogen) atoms. The van der Waals surface area contributed by atoms with Gasteiger partial charge in [0, 0.05) is 30.0 Å². The number of benzene rings is 2. The Bertz CT molecular complexity index is 1080. The average molecular weight is 450 g/mol. The Kier molecular flexibility index (Phi) is 5.56. The van der Waals surface area contributed by atoms with Gasteiger partial charge in [-0.2, -0.15) is 13.2 Å². The van der Waals surface area contributed by atoms with Gasteiger partial charge in [0.1, 0.15) is 5.75 Å². The summed E-state index contributed by atoms with van der Waals surface area (Å²) in [6.07, 6.45) is -3.35. The molecule has 2 aliphatic rings. The van der Waals surface area contributed by atoms with Crippen LogP contribution >= 0.6 is 11.6 Å². The van der Waals surface area contributed by atoms with Crippen LogP contribution in [0.3, 0.4) is 0 Å². The van der Waals surface area contributed by atoms with E-state index in [9.17, 15) is 22.8 Å². The highest BCUT2D eigenvalue weighted by Crippen LogP contribution is 2.46. The molecule has 2 aromatic carbocycles. The number of ketones is 1. The lowest BCUT2D eigenvalue weighted by Gasteiger charge is -2.38. The first-order valence-electron chi connectivity index (χ1n) is 9.80. The minimum atomic E-state index is -4.58. The summed E-state index contributed by atoms with van der Waals surface area (Å²) in [4.78, 5) is 27.3. The molecule has 1 aliphatic heterocycles. The van der Waals surface area contributed by atoms with Crippen LogP contribution in [0.2, 0.25) is 5.02 Å². The van der Waals surface area contributed by atoms with E-state index < -0.39 is 23.6 Å². The van der Waals surface area contributed by atoms with Crippen LogP contribution in [0.1, 0.15) is 42.7 Å². The summed E-state index contributed by atoms with van der Waals surface area (Å²) in [5, 5.41) is 0.0223. The number of hydrogen-bond donors (Lipinski definition) is 0. The molecule has 0 fully saturated rings. The first-order chi connectivity index (χ1) is 14.7. The second-order valence-electron chi connectivity index (χ2n) is 7.56. The Morgan fingerprint density at radius 1 is 1.06 bits per heavy atom. The first-order valence-corrected chi connectivity index (χ1v) is 10.2. The molecule has 0 spiro atoms. The summed E-state index contributed by atoms with van der Waals surface area (Å²) >= 11 is 6.22. The quantitative estimate of drug-likeness (QED) is 0.586. The predicted octanol–water partition coefficient (Wildman–Crippen LogP) is 5.90. The summed E-state index contributed by atoms with van der Waals surface area (Å²) < 4.78 is 45.0. The number of anilines is 1. The number of halogens is 4. The van der Waals surface area contributed by atoms with Crippen LogP contribution in [0.5, 0.6) is 5.75 Å². The van der Waals surface area contributed by atoms with E-state index >= 15 is 0 Å². The summed E-state index contributed by atoms with van der Waals surface area (Å²) in [5.74, 6) is -0.298. The Balaban J connectivity index is 1.85. The van der Waals surface area contributed by atoms with E-state index in [1.807, 2.05) is 0 Å². The van der Waals surface area contributed by atoms with Gasteiger partial charge in [0.2, 0.25) is 5.91 Å². The van der Waals surface area contributed by atoms with Gasteiger partial charge in [-0.15, -0.1) is 0 Å². The van der Waals surface area contributed by atoms with E-state index in [0.717, 1.165) is 23.8 Å². The molecule has 0 saturated carbocycles. The van der Waals surface area contributed by atoms with Crippen molar-refractivity contribution in [1.29, 1.82) is 0 Å². The van der Waals surface area contributed by atoms with E-state index in [2.05, 4.69) is 0 Å². The zero-order chi connectivity index (χ0) is 22.3. The first kappa shape index (κ1) is 21.4. The van der Waals surface area contributed by atoms with Gasteiger partial charge in [0.25, 0.3) is 0 Å². The van der Waals surface area contributed by atoms with E-state index in [-0.39, 0.29) is 22.9 Å². The molecule has 8 heteroatoms. The van der Waals surface area contributed by atoms with Crippen molar-refractivity contribution in [1.82, 2.24) is 0 Å². The Labute approximate surface area is 182 Å². The Morgan fingerprint density at radius 2 is 1.77 bits per heavy atom. The molecular weight excluding hydrogens is 431 g/mol. The number of allylic oxidation sites excluding steroid dienone is 2. The number of alkyl halides is 3. The average Bonchev–Trinajstić information content (AvgIpc) is 2.73. The minimum absolute atomic E-state index is 0.0223. The Morgan fingerprint density at radius 3 is 2.42 bits per heavy atom. The second kappa shape index (κ2) is 8.04. The molecule has 1 aliphatic carbocycles. The number of carbonyl (C=O) groups is 2. The molecule has 0 N–H and O–H groups in total. The third-order valence-electron chi connectivity index (χ3n) is 5.71. The van der Waals surface area contributed by atoms with Crippen molar-refractivity contribution < 1.29 is 27.5 Å². The van der Waals surface area contributed by atoms with E-state index in [0.29, 0.717) is 36.3 Å². The standard InChI is InChI=1S/C23H19ClF3NO3/c1-31-15-8-5-13(6-9-15)16-12-21(30)28(18-3-2-4-20(29)22(16)18)19-11-14(23(25,26)27)7-10-17(19)24/h5-11,16H,2-4,12H2,1H3. The lowest BCUT2D eigenvalue weighted by atomic mass is 9.77. The molecule has 1 unspecified atom stereocenters. The van der Waals surface area contributed by atoms with Crippen molar-refractivity contribution in [3.63, 3.8) is 0 Å². The van der Waals surface area contributed by atoms with Crippen LogP contribution in [0.4, 0.5) is 18.9 Å². The van der Waals surface area contributed by atoms with Gasteiger partial charge in [0.15, 0.2) is 5.78 Å². The number of amides is 1. The molecule has 4 nitrogen and oxygen atoms in total. The molecule has 1 amide bonds. The molecule has 162 valence electrons.